The Morgan fingerprint density at radius 3 is 2.40 bits per heavy atom. The van der Waals surface area contributed by atoms with E-state index in [1.807, 2.05) is 12.1 Å². The summed E-state index contributed by atoms with van der Waals surface area (Å²) in [7, 11) is 2.17. The van der Waals surface area contributed by atoms with Gasteiger partial charge in [-0.15, -0.1) is 0 Å². The number of carbonyl (C=O) groups excluding carboxylic acids is 2. The maximum Gasteiger partial charge on any atom is 0.490 e. The Bertz CT molecular complexity index is 1080. The summed E-state index contributed by atoms with van der Waals surface area (Å²) in [5, 5.41) is 7.12. The van der Waals surface area contributed by atoms with Gasteiger partial charge in [0, 0.05) is 57.2 Å². The number of likely N-dealkylation sites (tertiary alicyclic amines) is 1. The second-order valence-corrected chi connectivity index (χ2v) is 8.89. The smallest absolute Gasteiger partial charge is 0.481 e. The van der Waals surface area contributed by atoms with Gasteiger partial charge in [0.1, 0.15) is 6.10 Å². The maximum atomic E-state index is 11.7. The van der Waals surface area contributed by atoms with Gasteiger partial charge in [-0.3, -0.25) is 9.59 Å². The Morgan fingerprint density at radius 1 is 1.17 bits per heavy atom. The zero-order valence-corrected chi connectivity index (χ0v) is 20.6. The molecule has 0 aromatic heterocycles. The fourth-order valence-corrected chi connectivity index (χ4v) is 5.74. The topological polar surface area (TPSA) is 102 Å². The zero-order valence-electron chi connectivity index (χ0n) is 19.0. The molecule has 2 heterocycles. The van der Waals surface area contributed by atoms with Crippen molar-refractivity contribution in [2.75, 3.05) is 13.6 Å². The average molecular weight is 590 g/mol. The Labute approximate surface area is 213 Å². The van der Waals surface area contributed by atoms with Crippen molar-refractivity contribution in [1.29, 1.82) is 0 Å². The summed E-state index contributed by atoms with van der Waals surface area (Å²) >= 11 is 0. The molecule has 2 bridgehead atoms. The molecule has 2 aliphatic carbocycles. The van der Waals surface area contributed by atoms with Crippen LogP contribution in [0.1, 0.15) is 31.4 Å². The van der Waals surface area contributed by atoms with Gasteiger partial charge in [-0.2, -0.15) is 13.2 Å². The van der Waals surface area contributed by atoms with Gasteiger partial charge < -0.3 is 24.2 Å². The van der Waals surface area contributed by atoms with E-state index in [9.17, 15) is 22.8 Å². The molecule has 35 heavy (non-hydrogen) atoms. The number of piperidine rings is 1. The first kappa shape index (κ1) is 27.2. The molecule has 1 spiro atoms. The van der Waals surface area contributed by atoms with E-state index in [1.54, 1.807) is 0 Å². The van der Waals surface area contributed by atoms with Crippen molar-refractivity contribution < 1.29 is 67.3 Å². The number of likely N-dealkylation sites (N-methyl/N-ethyl adjacent to an activating group) is 1. The first-order valence-electron chi connectivity index (χ1n) is 10.7. The first-order valence-corrected chi connectivity index (χ1v) is 10.7. The molecule has 1 aromatic rings. The molecule has 2 aliphatic heterocycles. The Hall–Kier alpha value is -2.42. The third kappa shape index (κ3) is 4.59. The van der Waals surface area contributed by atoms with Gasteiger partial charge in [-0.1, -0.05) is 12.1 Å². The molecular formula is C23H24F3NO7Pd. The molecule has 4 aliphatic rings. The van der Waals surface area contributed by atoms with Crippen LogP contribution in [0.15, 0.2) is 24.3 Å². The van der Waals surface area contributed by atoms with E-state index in [0.29, 0.717) is 17.5 Å². The van der Waals surface area contributed by atoms with E-state index >= 15 is 0 Å². The van der Waals surface area contributed by atoms with Gasteiger partial charge in [0.05, 0.1) is 0 Å². The fraction of sp³-hybridized carbons (Fsp3) is 0.522. The number of carboxylic acids is 1. The number of hydrogen-bond donors (Lipinski definition) is 1. The second kappa shape index (κ2) is 9.56. The molecule has 5 atom stereocenters. The monoisotopic (exact) mass is 589 g/mol. The minimum Gasteiger partial charge on any atom is -0.481 e. The minimum absolute atomic E-state index is 0. The third-order valence-corrected chi connectivity index (χ3v) is 6.91. The zero-order chi connectivity index (χ0) is 25.0. The number of rotatable bonds is 2. The summed E-state index contributed by atoms with van der Waals surface area (Å²) in [4.78, 5) is 34.6. The first-order chi connectivity index (χ1) is 15.9. The SMILES string of the molecule is CC(=O)Oc1ccc2c3c1O[C@H]1[C@@H](OC(C)=O)C=C[C@H]4[C@@H](C2)N(C)CC[C@@]341.O=C(O)C(F)(F)F.[Pd]. The normalized spacial score (nSPS) is 29.4. The Balaban J connectivity index is 0.000000378. The number of halogens is 3. The summed E-state index contributed by atoms with van der Waals surface area (Å²) < 4.78 is 49.2. The quantitative estimate of drug-likeness (QED) is 0.243. The number of esters is 2. The van der Waals surface area contributed by atoms with Crippen molar-refractivity contribution in [3.8, 4) is 11.5 Å². The number of aliphatic carboxylic acids is 1. The second-order valence-electron chi connectivity index (χ2n) is 8.89. The van der Waals surface area contributed by atoms with E-state index in [4.69, 9.17) is 24.1 Å². The van der Waals surface area contributed by atoms with Crippen LogP contribution in [-0.4, -0.2) is 65.9 Å². The van der Waals surface area contributed by atoms with Gasteiger partial charge in [0.25, 0.3) is 0 Å². The third-order valence-electron chi connectivity index (χ3n) is 6.91. The van der Waals surface area contributed by atoms with Crippen LogP contribution in [0, 0.1) is 5.92 Å². The Kier molecular flexibility index (Phi) is 7.42. The molecule has 1 fully saturated rings. The van der Waals surface area contributed by atoms with Crippen LogP contribution < -0.4 is 9.47 Å². The number of ether oxygens (including phenoxy) is 3. The van der Waals surface area contributed by atoms with E-state index in [1.165, 1.54) is 19.4 Å². The molecule has 0 saturated carbocycles. The predicted molar refractivity (Wildman–Crippen MR) is 110 cm³/mol. The van der Waals surface area contributed by atoms with E-state index in [-0.39, 0.29) is 49.8 Å². The summed E-state index contributed by atoms with van der Waals surface area (Å²) in [6.45, 7) is 3.77. The minimum atomic E-state index is -5.08. The molecule has 1 N–H and O–H groups in total. The van der Waals surface area contributed by atoms with Crippen LogP contribution in [0.25, 0.3) is 0 Å². The summed E-state index contributed by atoms with van der Waals surface area (Å²) in [5.41, 5.74) is 2.15. The van der Waals surface area contributed by atoms with Gasteiger partial charge in [0.2, 0.25) is 0 Å². The number of hydrogen-bond acceptors (Lipinski definition) is 7. The van der Waals surface area contributed by atoms with Crippen LogP contribution in [0.5, 0.6) is 11.5 Å². The average Bonchev–Trinajstić information content (AvgIpc) is 3.07. The summed E-state index contributed by atoms with van der Waals surface area (Å²) in [6.07, 6.45) is 0.226. The van der Waals surface area contributed by atoms with Crippen LogP contribution in [0.4, 0.5) is 13.2 Å². The van der Waals surface area contributed by atoms with Crippen LogP contribution >= 0.6 is 0 Å². The van der Waals surface area contributed by atoms with Crippen molar-refractivity contribution in [2.45, 2.75) is 56.5 Å². The number of alkyl halides is 3. The molecule has 0 unspecified atom stereocenters. The van der Waals surface area contributed by atoms with Crippen molar-refractivity contribution in [1.82, 2.24) is 4.90 Å². The van der Waals surface area contributed by atoms with Gasteiger partial charge in [-0.05, 0) is 44.1 Å². The molecule has 0 radical (unpaired) electrons. The molecule has 12 heteroatoms. The summed E-state index contributed by atoms with van der Waals surface area (Å²) in [6, 6.07) is 4.28. The van der Waals surface area contributed by atoms with E-state index in [0.717, 1.165) is 24.9 Å². The van der Waals surface area contributed by atoms with Gasteiger partial charge >= 0.3 is 24.1 Å². The van der Waals surface area contributed by atoms with Crippen molar-refractivity contribution in [2.24, 2.45) is 5.92 Å². The van der Waals surface area contributed by atoms with Crippen molar-refractivity contribution >= 4 is 17.9 Å². The molecule has 8 nitrogen and oxygen atoms in total. The number of carboxylic acid groups (broad SMARTS) is 1. The number of nitrogens with zero attached hydrogens (tertiary/aromatic N) is 1. The van der Waals surface area contributed by atoms with Gasteiger partial charge in [0.15, 0.2) is 17.6 Å². The maximum absolute atomic E-state index is 11.7. The molecule has 1 aromatic carbocycles. The van der Waals surface area contributed by atoms with Crippen LogP contribution in [0.2, 0.25) is 0 Å². The van der Waals surface area contributed by atoms with E-state index in [2.05, 4.69) is 24.1 Å². The summed E-state index contributed by atoms with van der Waals surface area (Å²) in [5.74, 6) is -2.05. The standard InChI is InChI=1S/C21H23NO5.C2HF3O2.Pd/c1-11(23)25-16-6-4-13-10-15-14-5-7-17(26-12(2)24)20-21(14,8-9-22(15)3)18(13)19(16)27-20;3-2(4,5)1(6)7;/h4-7,14-15,17,20H,8-10H2,1-3H3;(H,6,7);/t14-,15+,17-,20-,21-;;/m0../s1. The van der Waals surface area contributed by atoms with E-state index < -0.39 is 18.2 Å². The molecule has 194 valence electrons. The van der Waals surface area contributed by atoms with Crippen LogP contribution in [0.3, 0.4) is 0 Å². The number of benzene rings is 1. The van der Waals surface area contributed by atoms with Crippen LogP contribution in [-0.2, 0) is 51.4 Å². The molecular weight excluding hydrogens is 566 g/mol. The largest absolute Gasteiger partial charge is 0.490 e. The van der Waals surface area contributed by atoms with Crippen molar-refractivity contribution in [3.05, 3.63) is 35.4 Å². The fourth-order valence-electron chi connectivity index (χ4n) is 5.74. The molecule has 0 amide bonds. The molecule has 1 saturated heterocycles. The Morgan fingerprint density at radius 2 is 1.83 bits per heavy atom. The molecule has 5 rings (SSSR count). The van der Waals surface area contributed by atoms with Crippen molar-refractivity contribution in [3.63, 3.8) is 0 Å². The predicted octanol–water partition coefficient (Wildman–Crippen LogP) is 2.62. The van der Waals surface area contributed by atoms with Gasteiger partial charge in [-0.25, -0.2) is 4.79 Å². The number of carbonyl (C=O) groups is 3.